The molecule has 0 aliphatic carbocycles. The van der Waals surface area contributed by atoms with Crippen LogP contribution in [0.5, 0.6) is 0 Å². The fourth-order valence-corrected chi connectivity index (χ4v) is 3.98. The van der Waals surface area contributed by atoms with Gasteiger partial charge >= 0.3 is 0 Å². The van der Waals surface area contributed by atoms with E-state index < -0.39 is 0 Å². The monoisotopic (exact) mass is 297 g/mol. The lowest BCUT2D eigenvalue weighted by molar-refractivity contribution is -0.0739. The lowest BCUT2D eigenvalue weighted by Crippen LogP contribution is -2.52. The summed E-state index contributed by atoms with van der Waals surface area (Å²) in [5.74, 6) is 0.233. The number of hydrogen-bond acceptors (Lipinski definition) is 2. The molecule has 5 rings (SSSR count). The van der Waals surface area contributed by atoms with Gasteiger partial charge in [0.05, 0.1) is 12.1 Å². The van der Waals surface area contributed by atoms with Crippen LogP contribution >= 0.6 is 0 Å². The molecule has 3 heterocycles. The van der Waals surface area contributed by atoms with Gasteiger partial charge in [0, 0.05) is 5.56 Å². The molecule has 1 N–H and O–H groups in total. The first-order valence-corrected chi connectivity index (χ1v) is 8.01. The highest BCUT2D eigenvalue weighted by Gasteiger charge is 2.41. The van der Waals surface area contributed by atoms with Gasteiger partial charge in [-0.3, -0.25) is 4.90 Å². The number of nitrogens with zero attached hydrogens (tertiary/aromatic N) is 1. The largest absolute Gasteiger partial charge is 0.391 e. The standard InChI is InChI=1S/C19H20FNO/c20-17-4-2-1-3-16(17)13-5-7-14(8-6-13)18-19(22)15-9-11-21(18)12-10-15/h1-8,15,18-19,22H,9-12H2. The van der Waals surface area contributed by atoms with E-state index in [4.69, 9.17) is 0 Å². The van der Waals surface area contributed by atoms with Crippen molar-refractivity contribution < 1.29 is 9.50 Å². The molecule has 0 amide bonds. The zero-order valence-electron chi connectivity index (χ0n) is 12.5. The van der Waals surface area contributed by atoms with Crippen molar-refractivity contribution in [1.29, 1.82) is 0 Å². The summed E-state index contributed by atoms with van der Waals surface area (Å²) in [4.78, 5) is 2.38. The van der Waals surface area contributed by atoms with Gasteiger partial charge in [0.15, 0.2) is 0 Å². The fourth-order valence-electron chi connectivity index (χ4n) is 3.98. The normalized spacial score (nSPS) is 30.5. The van der Waals surface area contributed by atoms with Gasteiger partial charge in [-0.2, -0.15) is 0 Å². The number of aliphatic hydroxyl groups excluding tert-OH is 1. The van der Waals surface area contributed by atoms with Crippen molar-refractivity contribution >= 4 is 0 Å². The van der Waals surface area contributed by atoms with Crippen molar-refractivity contribution in [2.45, 2.75) is 25.0 Å². The first kappa shape index (κ1) is 13.9. The van der Waals surface area contributed by atoms with Crippen LogP contribution in [0, 0.1) is 11.7 Å². The van der Waals surface area contributed by atoms with Crippen LogP contribution in [0.15, 0.2) is 48.5 Å². The van der Waals surface area contributed by atoms with E-state index in [0.717, 1.165) is 37.1 Å². The maximum Gasteiger partial charge on any atom is 0.131 e. The Balaban J connectivity index is 1.64. The number of piperidine rings is 3. The molecule has 2 bridgehead atoms. The van der Waals surface area contributed by atoms with Crippen LogP contribution in [0.1, 0.15) is 24.4 Å². The first-order valence-electron chi connectivity index (χ1n) is 8.01. The van der Waals surface area contributed by atoms with E-state index in [0.29, 0.717) is 11.5 Å². The summed E-state index contributed by atoms with van der Waals surface area (Å²) in [6.45, 7) is 2.14. The van der Waals surface area contributed by atoms with Crippen molar-refractivity contribution in [2.75, 3.05) is 13.1 Å². The number of rotatable bonds is 2. The summed E-state index contributed by atoms with van der Waals surface area (Å²) in [6.07, 6.45) is 1.93. The molecular weight excluding hydrogens is 277 g/mol. The third-order valence-electron chi connectivity index (χ3n) is 5.21. The van der Waals surface area contributed by atoms with Crippen LogP contribution in [0.4, 0.5) is 4.39 Å². The molecule has 3 heteroatoms. The lowest BCUT2D eigenvalue weighted by Gasteiger charge is -2.49. The minimum Gasteiger partial charge on any atom is -0.391 e. The second-order valence-electron chi connectivity index (χ2n) is 6.41. The molecule has 2 aromatic rings. The molecule has 2 aromatic carbocycles. The molecule has 2 unspecified atom stereocenters. The Hall–Kier alpha value is -1.71. The van der Waals surface area contributed by atoms with Crippen molar-refractivity contribution in [3.05, 3.63) is 59.9 Å². The van der Waals surface area contributed by atoms with Crippen LogP contribution in [-0.2, 0) is 0 Å². The fraction of sp³-hybridized carbons (Fsp3) is 0.368. The predicted molar refractivity (Wildman–Crippen MR) is 84.9 cm³/mol. The molecular formula is C19H20FNO. The van der Waals surface area contributed by atoms with Gasteiger partial charge in [-0.05, 0) is 49.0 Å². The Morgan fingerprint density at radius 3 is 2.27 bits per heavy atom. The van der Waals surface area contributed by atoms with Gasteiger partial charge in [-0.25, -0.2) is 4.39 Å². The molecule has 0 spiro atoms. The van der Waals surface area contributed by atoms with Crippen molar-refractivity contribution in [1.82, 2.24) is 4.90 Å². The van der Waals surface area contributed by atoms with E-state index in [2.05, 4.69) is 4.90 Å². The first-order chi connectivity index (χ1) is 10.7. The molecule has 2 atom stereocenters. The second kappa shape index (κ2) is 5.49. The number of aliphatic hydroxyl groups is 1. The summed E-state index contributed by atoms with van der Waals surface area (Å²) in [5, 5.41) is 10.5. The smallest absolute Gasteiger partial charge is 0.131 e. The maximum atomic E-state index is 13.9. The van der Waals surface area contributed by atoms with E-state index in [1.165, 1.54) is 6.07 Å². The average molecular weight is 297 g/mol. The Morgan fingerprint density at radius 2 is 1.64 bits per heavy atom. The molecule has 114 valence electrons. The van der Waals surface area contributed by atoms with E-state index in [1.54, 1.807) is 12.1 Å². The van der Waals surface area contributed by atoms with Gasteiger partial charge < -0.3 is 5.11 Å². The third kappa shape index (κ3) is 2.25. The summed E-state index contributed by atoms with van der Waals surface area (Å²) in [5.41, 5.74) is 2.64. The third-order valence-corrected chi connectivity index (χ3v) is 5.21. The number of halogens is 1. The maximum absolute atomic E-state index is 13.9. The summed E-state index contributed by atoms with van der Waals surface area (Å²) in [6, 6.07) is 14.9. The molecule has 3 fully saturated rings. The highest BCUT2D eigenvalue weighted by Crippen LogP contribution is 2.41. The summed E-state index contributed by atoms with van der Waals surface area (Å²) >= 11 is 0. The highest BCUT2D eigenvalue weighted by molar-refractivity contribution is 5.64. The van der Waals surface area contributed by atoms with Gasteiger partial charge in [-0.1, -0.05) is 42.5 Å². The van der Waals surface area contributed by atoms with Crippen LogP contribution in [0.2, 0.25) is 0 Å². The predicted octanol–water partition coefficient (Wildman–Crippen LogP) is 3.62. The Morgan fingerprint density at radius 1 is 0.955 bits per heavy atom. The minimum atomic E-state index is -0.276. The van der Waals surface area contributed by atoms with Crippen molar-refractivity contribution in [3.8, 4) is 11.1 Å². The van der Waals surface area contributed by atoms with E-state index in [1.807, 2.05) is 30.3 Å². The molecule has 22 heavy (non-hydrogen) atoms. The topological polar surface area (TPSA) is 23.5 Å². The minimum absolute atomic E-state index is 0.0992. The summed E-state index contributed by atoms with van der Waals surface area (Å²) in [7, 11) is 0. The van der Waals surface area contributed by atoms with E-state index in [9.17, 15) is 9.50 Å². The van der Waals surface area contributed by atoms with Crippen LogP contribution < -0.4 is 0 Å². The molecule has 0 aromatic heterocycles. The second-order valence-corrected chi connectivity index (χ2v) is 6.41. The van der Waals surface area contributed by atoms with Gasteiger partial charge in [0.1, 0.15) is 5.82 Å². The number of benzene rings is 2. The van der Waals surface area contributed by atoms with Gasteiger partial charge in [0.25, 0.3) is 0 Å². The van der Waals surface area contributed by atoms with Crippen LogP contribution in [-0.4, -0.2) is 29.2 Å². The van der Waals surface area contributed by atoms with Crippen LogP contribution in [0.25, 0.3) is 11.1 Å². The summed E-state index contributed by atoms with van der Waals surface area (Å²) < 4.78 is 13.9. The quantitative estimate of drug-likeness (QED) is 0.915. The molecule has 0 radical (unpaired) electrons. The van der Waals surface area contributed by atoms with E-state index in [-0.39, 0.29) is 18.0 Å². The number of fused-ring (bicyclic) bond motifs is 3. The molecule has 3 aliphatic rings. The highest BCUT2D eigenvalue weighted by atomic mass is 19.1. The van der Waals surface area contributed by atoms with Crippen molar-refractivity contribution in [2.24, 2.45) is 5.92 Å². The average Bonchev–Trinajstić information content (AvgIpc) is 2.57. The van der Waals surface area contributed by atoms with Crippen LogP contribution in [0.3, 0.4) is 0 Å². The number of hydrogen-bond donors (Lipinski definition) is 1. The Bertz CT molecular complexity index is 659. The molecule has 2 nitrogen and oxygen atoms in total. The van der Waals surface area contributed by atoms with Gasteiger partial charge in [0.2, 0.25) is 0 Å². The molecule has 3 aliphatic heterocycles. The molecule has 3 saturated heterocycles. The van der Waals surface area contributed by atoms with Gasteiger partial charge in [-0.15, -0.1) is 0 Å². The zero-order valence-corrected chi connectivity index (χ0v) is 12.5. The molecule has 0 saturated carbocycles. The Labute approximate surface area is 130 Å². The zero-order chi connectivity index (χ0) is 15.1. The SMILES string of the molecule is OC1C2CCN(CC2)C1c1ccc(-c2ccccc2F)cc1. The van der Waals surface area contributed by atoms with Crippen molar-refractivity contribution in [3.63, 3.8) is 0 Å². The van der Waals surface area contributed by atoms with E-state index >= 15 is 0 Å². The Kier molecular flexibility index (Phi) is 3.47. The lowest BCUT2D eigenvalue weighted by atomic mass is 9.78.